The molecule has 3 amide bonds. The van der Waals surface area contributed by atoms with Crippen LogP contribution in [0.15, 0.2) is 24.3 Å². The number of rotatable bonds is 10. The number of ether oxygens (including phenoxy) is 1. The molecule has 3 N–H and O–H groups in total. The van der Waals surface area contributed by atoms with Gasteiger partial charge in [0.1, 0.15) is 23.4 Å². The number of hydrogen-bond acceptors (Lipinski definition) is 6. The Bertz CT molecular complexity index is 810. The summed E-state index contributed by atoms with van der Waals surface area (Å²) in [7, 11) is 0. The number of carbonyl (C=O) groups is 3. The number of hydrogen-bond donors (Lipinski definition) is 4. The van der Waals surface area contributed by atoms with Crippen molar-refractivity contribution < 1.29 is 24.2 Å². The molecule has 0 saturated carbocycles. The van der Waals surface area contributed by atoms with E-state index >= 15 is 0 Å². The largest absolute Gasteiger partial charge is 0.508 e. The molecule has 1 aromatic rings. The fraction of sp³-hybridized carbons (Fsp3) is 0.625. The average Bonchev–Trinajstić information content (AvgIpc) is 2.67. The van der Waals surface area contributed by atoms with Gasteiger partial charge in [-0.05, 0) is 65.7 Å². The number of aromatic hydroxyl groups is 1. The molecule has 0 radical (unpaired) electrons. The van der Waals surface area contributed by atoms with Crippen LogP contribution in [-0.2, 0) is 14.3 Å². The number of carbonyl (C=O) groups excluding carboxylic acids is 3. The Kier molecular flexibility index (Phi) is 11.0. The highest BCUT2D eigenvalue weighted by Crippen LogP contribution is 2.27. The van der Waals surface area contributed by atoms with Crippen molar-refractivity contribution in [3.63, 3.8) is 0 Å². The molecule has 0 bridgehead atoms. The fourth-order valence-corrected chi connectivity index (χ4v) is 3.70. The molecule has 0 spiro atoms. The molecule has 0 fully saturated rings. The molecule has 1 rings (SSSR count). The second kappa shape index (κ2) is 12.7. The maximum atomic E-state index is 13.6. The Morgan fingerprint density at radius 2 is 1.79 bits per heavy atom. The van der Waals surface area contributed by atoms with Gasteiger partial charge in [-0.3, -0.25) is 9.59 Å². The van der Waals surface area contributed by atoms with Crippen LogP contribution >= 0.6 is 12.6 Å². The highest BCUT2D eigenvalue weighted by atomic mass is 32.1. The Balaban J connectivity index is 3.35. The summed E-state index contributed by atoms with van der Waals surface area (Å²) >= 11 is 4.25. The highest BCUT2D eigenvalue weighted by molar-refractivity contribution is 7.80. The molecule has 1 aromatic carbocycles. The van der Waals surface area contributed by atoms with Crippen LogP contribution in [0, 0.1) is 0 Å². The molecule has 9 heteroatoms. The van der Waals surface area contributed by atoms with E-state index in [1.807, 2.05) is 13.8 Å². The first-order chi connectivity index (χ1) is 15.3. The summed E-state index contributed by atoms with van der Waals surface area (Å²) in [6.07, 6.45) is 0.939. The van der Waals surface area contributed by atoms with E-state index in [1.165, 1.54) is 17.0 Å². The summed E-state index contributed by atoms with van der Waals surface area (Å²) in [6.45, 7) is 12.7. The Hall–Kier alpha value is -2.42. The third-order valence-electron chi connectivity index (χ3n) is 4.81. The smallest absolute Gasteiger partial charge is 0.408 e. The van der Waals surface area contributed by atoms with Gasteiger partial charge in [0, 0.05) is 17.8 Å². The summed E-state index contributed by atoms with van der Waals surface area (Å²) < 4.78 is 5.28. The summed E-state index contributed by atoms with van der Waals surface area (Å²) in [5.41, 5.74) is -0.265. The minimum absolute atomic E-state index is 0.0133. The molecule has 3 unspecified atom stereocenters. The zero-order valence-electron chi connectivity index (χ0n) is 20.7. The van der Waals surface area contributed by atoms with Crippen LogP contribution < -0.4 is 10.6 Å². The molecular formula is C24H39N3O5S. The van der Waals surface area contributed by atoms with E-state index in [2.05, 4.69) is 23.3 Å². The topological polar surface area (TPSA) is 108 Å². The lowest BCUT2D eigenvalue weighted by atomic mass is 10.0. The van der Waals surface area contributed by atoms with Crippen molar-refractivity contribution in [1.29, 1.82) is 0 Å². The minimum atomic E-state index is -1.01. The number of thiol groups is 1. The van der Waals surface area contributed by atoms with Crippen molar-refractivity contribution >= 4 is 30.5 Å². The number of nitrogens with one attached hydrogen (secondary N) is 2. The van der Waals surface area contributed by atoms with Gasteiger partial charge < -0.3 is 25.4 Å². The molecule has 8 nitrogen and oxygen atoms in total. The lowest BCUT2D eigenvalue weighted by molar-refractivity contribution is -0.144. The molecule has 3 atom stereocenters. The molecule has 0 aromatic heterocycles. The first-order valence-electron chi connectivity index (χ1n) is 11.3. The molecule has 0 aliphatic rings. The van der Waals surface area contributed by atoms with Crippen LogP contribution in [0.5, 0.6) is 5.75 Å². The molecule has 0 aliphatic heterocycles. The molecule has 33 heavy (non-hydrogen) atoms. The summed E-state index contributed by atoms with van der Waals surface area (Å²) in [4.78, 5) is 40.7. The molecule has 0 aliphatic carbocycles. The van der Waals surface area contributed by atoms with Crippen molar-refractivity contribution in [2.75, 3.05) is 5.75 Å². The Labute approximate surface area is 202 Å². The Morgan fingerprint density at radius 1 is 1.15 bits per heavy atom. The van der Waals surface area contributed by atoms with Gasteiger partial charge in [-0.1, -0.05) is 25.5 Å². The summed E-state index contributed by atoms with van der Waals surface area (Å²) in [6, 6.07) is 3.78. The van der Waals surface area contributed by atoms with Crippen molar-refractivity contribution in [2.24, 2.45) is 0 Å². The van der Waals surface area contributed by atoms with Crippen molar-refractivity contribution in [1.82, 2.24) is 15.5 Å². The third-order valence-corrected chi connectivity index (χ3v) is 5.17. The van der Waals surface area contributed by atoms with Crippen LogP contribution in [0.1, 0.15) is 72.9 Å². The summed E-state index contributed by atoms with van der Waals surface area (Å²) in [5, 5.41) is 15.6. The van der Waals surface area contributed by atoms with Gasteiger partial charge in [0.25, 0.3) is 0 Å². The Morgan fingerprint density at radius 3 is 2.27 bits per heavy atom. The van der Waals surface area contributed by atoms with Crippen LogP contribution in [0.2, 0.25) is 0 Å². The van der Waals surface area contributed by atoms with E-state index in [1.54, 1.807) is 46.8 Å². The normalized spacial score (nSPS) is 14.2. The number of phenolic OH excluding ortho intramolecular Hbond substituents is 1. The minimum Gasteiger partial charge on any atom is -0.508 e. The average molecular weight is 482 g/mol. The lowest BCUT2D eigenvalue weighted by Gasteiger charge is -2.37. The number of benzene rings is 1. The van der Waals surface area contributed by atoms with Crippen LogP contribution in [0.4, 0.5) is 4.79 Å². The zero-order chi connectivity index (χ0) is 25.3. The van der Waals surface area contributed by atoms with E-state index in [9.17, 15) is 19.5 Å². The quantitative estimate of drug-likeness (QED) is 0.380. The monoisotopic (exact) mass is 481 g/mol. The van der Waals surface area contributed by atoms with Crippen molar-refractivity contribution in [2.45, 2.75) is 91.1 Å². The second-order valence-electron chi connectivity index (χ2n) is 9.42. The number of alkyl carbamates (subject to hydrolysis) is 1. The number of amides is 3. The lowest BCUT2D eigenvalue weighted by Crippen LogP contribution is -2.56. The number of phenols is 1. The van der Waals surface area contributed by atoms with E-state index in [4.69, 9.17) is 4.74 Å². The maximum absolute atomic E-state index is 13.6. The van der Waals surface area contributed by atoms with Crippen LogP contribution in [0.3, 0.4) is 0 Å². The van der Waals surface area contributed by atoms with Gasteiger partial charge in [0.15, 0.2) is 0 Å². The molecule has 0 heterocycles. The van der Waals surface area contributed by atoms with E-state index < -0.39 is 29.7 Å². The van der Waals surface area contributed by atoms with Crippen molar-refractivity contribution in [3.8, 4) is 5.75 Å². The summed E-state index contributed by atoms with van der Waals surface area (Å²) in [5.74, 6) is -0.834. The molecule has 0 saturated heterocycles. The van der Waals surface area contributed by atoms with E-state index in [-0.39, 0.29) is 29.5 Å². The van der Waals surface area contributed by atoms with Crippen LogP contribution in [0.25, 0.3) is 0 Å². The van der Waals surface area contributed by atoms with Crippen molar-refractivity contribution in [3.05, 3.63) is 29.8 Å². The zero-order valence-corrected chi connectivity index (χ0v) is 21.6. The van der Waals surface area contributed by atoms with Gasteiger partial charge >= 0.3 is 6.09 Å². The number of nitrogens with zero attached hydrogens (tertiary/aromatic N) is 1. The molecular weight excluding hydrogens is 442 g/mol. The van der Waals surface area contributed by atoms with Gasteiger partial charge in [-0.25, -0.2) is 4.79 Å². The van der Waals surface area contributed by atoms with Gasteiger partial charge in [0.2, 0.25) is 11.8 Å². The fourth-order valence-electron chi connectivity index (χ4n) is 3.46. The maximum Gasteiger partial charge on any atom is 0.408 e. The second-order valence-corrected chi connectivity index (χ2v) is 9.78. The highest BCUT2D eigenvalue weighted by Gasteiger charge is 2.37. The first-order valence-corrected chi connectivity index (χ1v) is 12.0. The SMILES string of the molecule is CCCC(C)NC(=O)C(c1cccc(O)c1)N(C(=O)C(CS)NC(=O)OC(C)(C)C)C(C)C. The molecule has 186 valence electrons. The predicted octanol–water partition coefficient (Wildman–Crippen LogP) is 3.80. The standard InChI is InChI=1S/C24H39N3O5S/c1-8-10-16(4)25-21(29)20(17-11-9-12-18(28)13-17)27(15(2)3)22(30)19(14-33)26-23(31)32-24(5,6)7/h9,11-13,15-16,19-20,28,33H,8,10,14H2,1-7H3,(H,25,29)(H,26,31). The van der Waals surface area contributed by atoms with Crippen LogP contribution in [-0.4, -0.2) is 57.4 Å². The van der Waals surface area contributed by atoms with E-state index in [0.717, 1.165) is 12.8 Å². The predicted molar refractivity (Wildman–Crippen MR) is 132 cm³/mol. The first kappa shape index (κ1) is 28.6. The third kappa shape index (κ3) is 9.15. The van der Waals surface area contributed by atoms with Gasteiger partial charge in [-0.15, -0.1) is 0 Å². The van der Waals surface area contributed by atoms with E-state index in [0.29, 0.717) is 5.56 Å². The van der Waals surface area contributed by atoms with Gasteiger partial charge in [-0.2, -0.15) is 12.6 Å². The van der Waals surface area contributed by atoms with Gasteiger partial charge in [0.05, 0.1) is 0 Å².